The number of hydrogen-bond acceptors (Lipinski definition) is 4. The van der Waals surface area contributed by atoms with Crippen molar-refractivity contribution in [3.8, 4) is 0 Å². The van der Waals surface area contributed by atoms with E-state index >= 15 is 0 Å². The van der Waals surface area contributed by atoms with Gasteiger partial charge < -0.3 is 4.74 Å². The molecule has 0 fully saturated rings. The first kappa shape index (κ1) is 19.1. The third kappa shape index (κ3) is 5.35. The van der Waals surface area contributed by atoms with Gasteiger partial charge in [0, 0.05) is 27.8 Å². The summed E-state index contributed by atoms with van der Waals surface area (Å²) >= 11 is 1.01. The Morgan fingerprint density at radius 2 is 1.92 bits per heavy atom. The van der Waals surface area contributed by atoms with Crippen molar-refractivity contribution in [2.45, 2.75) is 29.8 Å². The second-order valence-electron chi connectivity index (χ2n) is 5.09. The molecule has 3 nitrogen and oxygen atoms in total. The van der Waals surface area contributed by atoms with E-state index in [9.17, 15) is 18.0 Å². The van der Waals surface area contributed by atoms with Gasteiger partial charge in [0.05, 0.1) is 12.2 Å². The van der Waals surface area contributed by atoms with Gasteiger partial charge in [0.15, 0.2) is 0 Å². The van der Waals surface area contributed by atoms with Gasteiger partial charge in [-0.1, -0.05) is 17.8 Å². The first-order valence-corrected chi connectivity index (χ1v) is 8.27. The maximum Gasteiger partial charge on any atom is 0.417 e. The SMILES string of the molecule is CCOC(=O)/C(C)=C/c1ccc(Sc2ccncc2)c(C(F)(F)F)c1. The van der Waals surface area contributed by atoms with Crippen molar-refractivity contribution < 1.29 is 22.7 Å². The molecule has 0 N–H and O–H groups in total. The molecule has 0 unspecified atom stereocenters. The predicted molar refractivity (Wildman–Crippen MR) is 90.1 cm³/mol. The quantitative estimate of drug-likeness (QED) is 0.537. The standard InChI is InChI=1S/C18H16F3NO2S/c1-3-24-17(23)12(2)10-13-4-5-16(15(11-13)18(19,20)21)25-14-6-8-22-9-7-14/h4-11H,3H2,1-2H3/b12-10+. The van der Waals surface area contributed by atoms with E-state index in [0.717, 1.165) is 17.8 Å². The molecule has 0 saturated heterocycles. The number of hydrogen-bond donors (Lipinski definition) is 0. The van der Waals surface area contributed by atoms with Crippen LogP contribution in [0.4, 0.5) is 13.2 Å². The van der Waals surface area contributed by atoms with E-state index in [-0.39, 0.29) is 22.6 Å². The lowest BCUT2D eigenvalue weighted by atomic mass is 10.1. The minimum Gasteiger partial charge on any atom is -0.463 e. The minimum absolute atomic E-state index is 0.0876. The van der Waals surface area contributed by atoms with Crippen molar-refractivity contribution >= 4 is 23.8 Å². The molecule has 0 atom stereocenters. The van der Waals surface area contributed by atoms with Gasteiger partial charge in [-0.2, -0.15) is 13.2 Å². The molecule has 2 rings (SSSR count). The summed E-state index contributed by atoms with van der Waals surface area (Å²) < 4.78 is 45.1. The van der Waals surface area contributed by atoms with E-state index in [1.54, 1.807) is 25.1 Å². The van der Waals surface area contributed by atoms with Crippen LogP contribution >= 0.6 is 11.8 Å². The molecule has 0 aliphatic rings. The Morgan fingerprint density at radius 1 is 1.24 bits per heavy atom. The molecule has 1 heterocycles. The van der Waals surface area contributed by atoms with Crippen LogP contribution < -0.4 is 0 Å². The lowest BCUT2D eigenvalue weighted by Gasteiger charge is -2.13. The van der Waals surface area contributed by atoms with E-state index < -0.39 is 17.7 Å². The molecule has 0 amide bonds. The Labute approximate surface area is 147 Å². The van der Waals surface area contributed by atoms with Crippen molar-refractivity contribution in [2.75, 3.05) is 6.61 Å². The monoisotopic (exact) mass is 367 g/mol. The van der Waals surface area contributed by atoms with Crippen LogP contribution in [0.1, 0.15) is 25.0 Å². The molecule has 2 aromatic rings. The van der Waals surface area contributed by atoms with Crippen LogP contribution in [-0.4, -0.2) is 17.6 Å². The number of alkyl halides is 3. The molecule has 7 heteroatoms. The molecule has 0 saturated carbocycles. The second-order valence-corrected chi connectivity index (χ2v) is 6.20. The molecule has 0 bridgehead atoms. The van der Waals surface area contributed by atoms with E-state index in [1.807, 2.05) is 0 Å². The third-order valence-corrected chi connectivity index (χ3v) is 4.25. The van der Waals surface area contributed by atoms with Crippen molar-refractivity contribution in [1.29, 1.82) is 0 Å². The van der Waals surface area contributed by atoms with Crippen LogP contribution in [0.2, 0.25) is 0 Å². The molecule has 1 aromatic heterocycles. The molecule has 1 aromatic carbocycles. The van der Waals surface area contributed by atoms with E-state index in [4.69, 9.17) is 4.74 Å². The summed E-state index contributed by atoms with van der Waals surface area (Å²) in [6.07, 6.45) is -0.0734. The van der Waals surface area contributed by atoms with Gasteiger partial charge in [-0.15, -0.1) is 0 Å². The maximum atomic E-state index is 13.4. The van der Waals surface area contributed by atoms with Gasteiger partial charge in [-0.3, -0.25) is 4.98 Å². The van der Waals surface area contributed by atoms with Gasteiger partial charge in [-0.25, -0.2) is 4.79 Å². The Hall–Kier alpha value is -2.28. The first-order chi connectivity index (χ1) is 11.8. The molecule has 25 heavy (non-hydrogen) atoms. The average Bonchev–Trinajstić information content (AvgIpc) is 2.56. The molecular weight excluding hydrogens is 351 g/mol. The second kappa shape index (κ2) is 8.20. The zero-order valence-electron chi connectivity index (χ0n) is 13.6. The predicted octanol–water partition coefficient (Wildman–Crippen LogP) is 5.22. The summed E-state index contributed by atoms with van der Waals surface area (Å²) in [6, 6.07) is 7.26. The lowest BCUT2D eigenvalue weighted by Crippen LogP contribution is -2.08. The Kier molecular flexibility index (Phi) is 6.25. The smallest absolute Gasteiger partial charge is 0.417 e. The van der Waals surface area contributed by atoms with Crippen LogP contribution in [0.3, 0.4) is 0 Å². The van der Waals surface area contributed by atoms with E-state index in [0.29, 0.717) is 4.90 Å². The number of carbonyl (C=O) groups is 1. The number of nitrogens with zero attached hydrogens (tertiary/aromatic N) is 1. The van der Waals surface area contributed by atoms with Gasteiger partial charge in [0.2, 0.25) is 0 Å². The molecule has 0 aliphatic heterocycles. The fraction of sp³-hybridized carbons (Fsp3) is 0.222. The lowest BCUT2D eigenvalue weighted by molar-refractivity contribution is -0.140. The van der Waals surface area contributed by atoms with Crippen molar-refractivity contribution in [2.24, 2.45) is 0 Å². The number of esters is 1. The van der Waals surface area contributed by atoms with Crippen molar-refractivity contribution in [1.82, 2.24) is 4.98 Å². The molecule has 0 spiro atoms. The molecule has 0 radical (unpaired) electrons. The fourth-order valence-corrected chi connectivity index (χ4v) is 2.97. The third-order valence-electron chi connectivity index (χ3n) is 3.17. The highest BCUT2D eigenvalue weighted by Gasteiger charge is 2.33. The summed E-state index contributed by atoms with van der Waals surface area (Å²) in [7, 11) is 0. The average molecular weight is 367 g/mol. The Morgan fingerprint density at radius 3 is 2.52 bits per heavy atom. The highest BCUT2D eigenvalue weighted by atomic mass is 32.2. The zero-order valence-corrected chi connectivity index (χ0v) is 14.4. The summed E-state index contributed by atoms with van der Waals surface area (Å²) in [6.45, 7) is 3.38. The van der Waals surface area contributed by atoms with Gasteiger partial charge in [0.1, 0.15) is 0 Å². The van der Waals surface area contributed by atoms with E-state index in [1.165, 1.54) is 31.5 Å². The number of benzene rings is 1. The maximum absolute atomic E-state index is 13.4. The topological polar surface area (TPSA) is 39.2 Å². The molecule has 0 aliphatic carbocycles. The minimum atomic E-state index is -4.50. The Bertz CT molecular complexity index is 774. The number of ether oxygens (including phenoxy) is 1. The summed E-state index contributed by atoms with van der Waals surface area (Å²) in [5.41, 5.74) is -0.221. The first-order valence-electron chi connectivity index (χ1n) is 7.46. The van der Waals surface area contributed by atoms with Gasteiger partial charge in [0.25, 0.3) is 0 Å². The highest BCUT2D eigenvalue weighted by molar-refractivity contribution is 7.99. The zero-order chi connectivity index (χ0) is 18.4. The Balaban J connectivity index is 2.37. The number of rotatable bonds is 5. The normalized spacial score (nSPS) is 12.1. The summed E-state index contributed by atoms with van der Waals surface area (Å²) in [5, 5.41) is 0. The fourth-order valence-electron chi connectivity index (χ4n) is 2.04. The number of halogens is 3. The van der Waals surface area contributed by atoms with Crippen LogP contribution in [0.5, 0.6) is 0 Å². The van der Waals surface area contributed by atoms with Crippen LogP contribution in [-0.2, 0) is 15.7 Å². The van der Waals surface area contributed by atoms with Crippen molar-refractivity contribution in [3.05, 3.63) is 59.4 Å². The van der Waals surface area contributed by atoms with Crippen LogP contribution in [0.15, 0.2) is 58.1 Å². The van der Waals surface area contributed by atoms with Crippen molar-refractivity contribution in [3.63, 3.8) is 0 Å². The number of carbonyl (C=O) groups excluding carboxylic acids is 1. The molecular formula is C18H16F3NO2S. The van der Waals surface area contributed by atoms with E-state index in [2.05, 4.69) is 4.98 Å². The van der Waals surface area contributed by atoms with Gasteiger partial charge in [-0.05, 0) is 49.8 Å². The largest absolute Gasteiger partial charge is 0.463 e. The van der Waals surface area contributed by atoms with Crippen LogP contribution in [0.25, 0.3) is 6.08 Å². The summed E-state index contributed by atoms with van der Waals surface area (Å²) in [4.78, 5) is 16.2. The number of pyridine rings is 1. The van der Waals surface area contributed by atoms with Gasteiger partial charge >= 0.3 is 12.1 Å². The van der Waals surface area contributed by atoms with Crippen LogP contribution in [0, 0.1) is 0 Å². The number of aromatic nitrogens is 1. The summed E-state index contributed by atoms with van der Waals surface area (Å²) in [5.74, 6) is -0.550. The highest BCUT2D eigenvalue weighted by Crippen LogP contribution is 2.40. The molecule has 132 valence electrons.